The Labute approximate surface area is 290 Å². The van der Waals surface area contributed by atoms with Crippen molar-refractivity contribution >= 4 is 48.7 Å². The minimum Gasteiger partial charge on any atom is -0.465 e. The molecule has 6 atom stereocenters. The molecule has 0 amide bonds. The summed E-state index contributed by atoms with van der Waals surface area (Å²) in [6, 6.07) is -1.84. The molecule has 1 aliphatic carbocycles. The second-order valence-corrected chi connectivity index (χ2v) is 15.6. The number of aromatic nitrogens is 4. The Morgan fingerprint density at radius 3 is 2.20 bits per heavy atom. The van der Waals surface area contributed by atoms with Gasteiger partial charge in [-0.1, -0.05) is 27.7 Å². The lowest BCUT2D eigenvalue weighted by Crippen LogP contribution is -2.46. The van der Waals surface area contributed by atoms with Crippen molar-refractivity contribution in [1.82, 2.24) is 29.7 Å². The molecule has 4 heterocycles. The van der Waals surface area contributed by atoms with Crippen LogP contribution in [-0.4, -0.2) is 93.4 Å². The number of nitrogens with one attached hydrogen (secondary N) is 3. The van der Waals surface area contributed by atoms with Gasteiger partial charge >= 0.3 is 25.8 Å². The Hall–Kier alpha value is -3.57. The number of carbonyl (C=O) groups is 3. The van der Waals surface area contributed by atoms with E-state index in [1.807, 2.05) is 27.7 Å². The molecule has 5 rings (SSSR count). The zero-order valence-electron chi connectivity index (χ0n) is 29.5. The summed E-state index contributed by atoms with van der Waals surface area (Å²) in [5, 5.41) is 8.98. The molecular weight excluding hydrogens is 675 g/mol. The number of ether oxygens (including phenoxy) is 5. The average Bonchev–Trinajstić information content (AvgIpc) is 3.57. The van der Waals surface area contributed by atoms with Crippen LogP contribution in [0.25, 0.3) is 11.2 Å². The maximum Gasteiger partial charge on any atom is 0.509 e. The van der Waals surface area contributed by atoms with Crippen LogP contribution >= 0.6 is 7.67 Å². The van der Waals surface area contributed by atoms with E-state index in [0.717, 1.165) is 12.8 Å². The third-order valence-electron chi connectivity index (χ3n) is 8.46. The van der Waals surface area contributed by atoms with Crippen LogP contribution in [0, 0.1) is 11.8 Å². The normalized spacial score (nSPS) is 25.5. The van der Waals surface area contributed by atoms with Gasteiger partial charge in [-0.3, -0.25) is 18.7 Å². The zero-order valence-corrected chi connectivity index (χ0v) is 30.4. The Kier molecular flexibility index (Phi) is 11.6. The number of anilines is 2. The summed E-state index contributed by atoms with van der Waals surface area (Å²) >= 11 is 0. The predicted molar refractivity (Wildman–Crippen MR) is 180 cm³/mol. The molecule has 2 aromatic rings. The molecule has 5 N–H and O–H groups in total. The highest BCUT2D eigenvalue weighted by molar-refractivity contribution is 7.54. The number of nitrogens with zero attached hydrogens (tertiary/aromatic N) is 4. The highest BCUT2D eigenvalue weighted by atomic mass is 31.2. The molecule has 18 nitrogen and oxygen atoms in total. The van der Waals surface area contributed by atoms with Gasteiger partial charge in [0.2, 0.25) is 5.95 Å². The first-order chi connectivity index (χ1) is 23.7. The first kappa shape index (κ1) is 37.7. The molecule has 1 saturated carbocycles. The molecule has 2 unspecified atom stereocenters. The number of rotatable bonds is 18. The Balaban J connectivity index is 1.45. The van der Waals surface area contributed by atoms with E-state index in [1.165, 1.54) is 6.33 Å². The number of esters is 2. The van der Waals surface area contributed by atoms with E-state index in [1.54, 1.807) is 25.3 Å². The number of hydrogen-bond donors (Lipinski definition) is 4. The SMILES string of the molecule is CCOC(=O)C(CC(C)C)NP(=O)(NC(CC(C)C)C(=O)OCC)OC[C@H]1O[C@@H](n2cnc3c(NC4CC4)nc(N)nc32)[C@]2(C)OC(=O)O[C@H]12. The lowest BCUT2D eigenvalue weighted by atomic mass is 9.96. The standard InChI is InChI=1S/C31H49N8O10P/c1-8-44-26(40)19(12-16(3)4)37-50(43,38-20(13-17(5)6)27(41)45-9-2)46-14-21-23-31(7,49-30(42)48-23)28(47-21)39-15-33-22-24(34-18-10-11-18)35-29(32)36-25(22)39/h15-21,23,28H,8-14H2,1-7H3,(H2,37,38,43)(H3,32,34,35,36)/t19?,20?,21-,23-,28-,31-,50?/m1/s1. The van der Waals surface area contributed by atoms with E-state index in [9.17, 15) is 18.9 Å². The highest BCUT2D eigenvalue weighted by Gasteiger charge is 2.64. The number of hydrogen-bond acceptors (Lipinski definition) is 15. The van der Waals surface area contributed by atoms with Gasteiger partial charge in [-0.05, 0) is 58.3 Å². The maximum absolute atomic E-state index is 14.8. The van der Waals surface area contributed by atoms with Crippen molar-refractivity contribution in [2.45, 2.75) is 116 Å². The third kappa shape index (κ3) is 8.48. The summed E-state index contributed by atoms with van der Waals surface area (Å²) in [5.41, 5.74) is 5.45. The first-order valence-corrected chi connectivity index (χ1v) is 18.7. The van der Waals surface area contributed by atoms with Gasteiger partial charge in [-0.2, -0.15) is 9.97 Å². The van der Waals surface area contributed by atoms with Crippen LogP contribution in [-0.2, 0) is 42.4 Å². The number of imidazole rings is 1. The largest absolute Gasteiger partial charge is 0.509 e. The topological polar surface area (TPSA) is 229 Å². The van der Waals surface area contributed by atoms with Crippen LogP contribution < -0.4 is 21.2 Å². The summed E-state index contributed by atoms with van der Waals surface area (Å²) in [6.45, 7) is 12.4. The van der Waals surface area contributed by atoms with Crippen molar-refractivity contribution in [3.05, 3.63) is 6.33 Å². The van der Waals surface area contributed by atoms with Crippen LogP contribution in [0.15, 0.2) is 6.33 Å². The van der Waals surface area contributed by atoms with Gasteiger partial charge in [0.15, 0.2) is 34.9 Å². The fourth-order valence-electron chi connectivity index (χ4n) is 6.12. The molecule has 2 saturated heterocycles. The smallest absolute Gasteiger partial charge is 0.465 e. The monoisotopic (exact) mass is 724 g/mol. The van der Waals surface area contributed by atoms with Crippen molar-refractivity contribution in [1.29, 1.82) is 0 Å². The zero-order chi connectivity index (χ0) is 36.4. The second kappa shape index (κ2) is 15.4. The van der Waals surface area contributed by atoms with Gasteiger partial charge in [0.05, 0.1) is 26.1 Å². The van der Waals surface area contributed by atoms with Gasteiger partial charge < -0.3 is 39.3 Å². The first-order valence-electron chi connectivity index (χ1n) is 17.1. The molecular formula is C31H49N8O10P. The van der Waals surface area contributed by atoms with Gasteiger partial charge in [0, 0.05) is 6.04 Å². The number of carbonyl (C=O) groups excluding carboxylic acids is 3. The van der Waals surface area contributed by atoms with Crippen LogP contribution in [0.2, 0.25) is 0 Å². The molecule has 50 heavy (non-hydrogen) atoms. The summed E-state index contributed by atoms with van der Waals surface area (Å²) < 4.78 is 50.6. The molecule has 0 bridgehead atoms. The molecule has 0 radical (unpaired) electrons. The molecule has 3 aliphatic rings. The fourth-order valence-corrected chi connectivity index (χ4v) is 7.94. The van der Waals surface area contributed by atoms with Crippen molar-refractivity contribution < 1.29 is 47.2 Å². The average molecular weight is 725 g/mol. The van der Waals surface area contributed by atoms with Crippen LogP contribution in [0.3, 0.4) is 0 Å². The minimum atomic E-state index is -4.29. The third-order valence-corrected chi connectivity index (χ3v) is 10.3. The van der Waals surface area contributed by atoms with E-state index in [0.29, 0.717) is 17.0 Å². The maximum atomic E-state index is 14.8. The Morgan fingerprint density at radius 2 is 1.66 bits per heavy atom. The van der Waals surface area contributed by atoms with Crippen LogP contribution in [0.1, 0.15) is 80.4 Å². The van der Waals surface area contributed by atoms with E-state index >= 15 is 0 Å². The van der Waals surface area contributed by atoms with Gasteiger partial charge in [-0.25, -0.2) is 20.0 Å². The van der Waals surface area contributed by atoms with Gasteiger partial charge in [-0.15, -0.1) is 0 Å². The number of fused-ring (bicyclic) bond motifs is 2. The van der Waals surface area contributed by atoms with Crippen molar-refractivity contribution in [2.75, 3.05) is 30.9 Å². The van der Waals surface area contributed by atoms with E-state index in [-0.39, 0.29) is 49.9 Å². The summed E-state index contributed by atoms with van der Waals surface area (Å²) in [5.74, 6) is -0.778. The molecule has 0 aromatic carbocycles. The lowest BCUT2D eigenvalue weighted by molar-refractivity contribution is -0.146. The quantitative estimate of drug-likeness (QED) is 0.0980. The van der Waals surface area contributed by atoms with Gasteiger partial charge in [0.1, 0.15) is 18.2 Å². The molecule has 0 spiro atoms. The molecule has 2 aliphatic heterocycles. The molecule has 19 heteroatoms. The van der Waals surface area contributed by atoms with E-state index < -0.39 is 68.5 Å². The summed E-state index contributed by atoms with van der Waals surface area (Å²) in [6.07, 6.45) is -0.0240. The number of nitrogens with two attached hydrogens (primary N) is 1. The van der Waals surface area contributed by atoms with E-state index in [2.05, 4.69) is 30.4 Å². The minimum absolute atomic E-state index is 0.000560. The van der Waals surface area contributed by atoms with E-state index in [4.69, 9.17) is 33.9 Å². The molecule has 3 fully saturated rings. The second-order valence-electron chi connectivity index (χ2n) is 13.7. The lowest BCUT2D eigenvalue weighted by Gasteiger charge is -2.30. The van der Waals surface area contributed by atoms with Crippen molar-refractivity contribution in [2.24, 2.45) is 11.8 Å². The van der Waals surface area contributed by atoms with Gasteiger partial charge in [0.25, 0.3) is 0 Å². The fraction of sp³-hybridized carbons (Fsp3) is 0.742. The van der Waals surface area contributed by atoms with Crippen molar-refractivity contribution in [3.8, 4) is 0 Å². The molecule has 278 valence electrons. The predicted octanol–water partition coefficient (Wildman–Crippen LogP) is 3.43. The van der Waals surface area contributed by atoms with Crippen molar-refractivity contribution in [3.63, 3.8) is 0 Å². The summed E-state index contributed by atoms with van der Waals surface area (Å²) in [7, 11) is -4.29. The highest BCUT2D eigenvalue weighted by Crippen LogP contribution is 2.49. The Morgan fingerprint density at radius 1 is 1.06 bits per heavy atom. The molecule has 2 aromatic heterocycles. The van der Waals surface area contributed by atoms with Crippen LogP contribution in [0.5, 0.6) is 0 Å². The Bertz CT molecular complexity index is 1560. The number of nitrogen functional groups attached to an aromatic ring is 1. The van der Waals surface area contributed by atoms with Crippen LogP contribution in [0.4, 0.5) is 16.6 Å². The summed E-state index contributed by atoms with van der Waals surface area (Å²) in [4.78, 5) is 51.9.